The second-order valence-corrected chi connectivity index (χ2v) is 3.68. The van der Waals surface area contributed by atoms with Gasteiger partial charge in [0.15, 0.2) is 0 Å². The van der Waals surface area contributed by atoms with Gasteiger partial charge in [0.1, 0.15) is 5.82 Å². The number of nitrogens with two attached hydrogens (primary N) is 1. The van der Waals surface area contributed by atoms with Crippen LogP contribution in [0.4, 0.5) is 4.39 Å². The zero-order valence-corrected chi connectivity index (χ0v) is 9.29. The Labute approximate surface area is 90.2 Å². The van der Waals surface area contributed by atoms with Crippen LogP contribution in [0.15, 0.2) is 18.2 Å². The summed E-state index contributed by atoms with van der Waals surface area (Å²) in [6.45, 7) is 5.10. The van der Waals surface area contributed by atoms with Crippen LogP contribution in [0, 0.1) is 12.7 Å². The Morgan fingerprint density at radius 2 is 2.20 bits per heavy atom. The predicted octanol–water partition coefficient (Wildman–Crippen LogP) is 2.56. The van der Waals surface area contributed by atoms with Gasteiger partial charge < -0.3 is 10.5 Å². The van der Waals surface area contributed by atoms with E-state index in [1.54, 1.807) is 6.07 Å². The Balaban J connectivity index is 2.64. The van der Waals surface area contributed by atoms with Crippen molar-refractivity contribution in [3.8, 4) is 0 Å². The molecule has 2 nitrogen and oxygen atoms in total. The van der Waals surface area contributed by atoms with E-state index in [-0.39, 0.29) is 11.9 Å². The lowest BCUT2D eigenvalue weighted by molar-refractivity contribution is 0.121. The van der Waals surface area contributed by atoms with E-state index >= 15 is 0 Å². The third-order valence-electron chi connectivity index (χ3n) is 2.29. The molecular formula is C12H18FNO. The Kier molecular flexibility index (Phi) is 4.72. The van der Waals surface area contributed by atoms with E-state index in [0.717, 1.165) is 17.5 Å². The first-order valence-electron chi connectivity index (χ1n) is 5.24. The summed E-state index contributed by atoms with van der Waals surface area (Å²) in [5.74, 6) is -0.249. The number of benzene rings is 1. The van der Waals surface area contributed by atoms with Crippen LogP contribution >= 0.6 is 0 Å². The Hall–Kier alpha value is -0.930. The highest BCUT2D eigenvalue weighted by molar-refractivity contribution is 5.29. The van der Waals surface area contributed by atoms with Crippen molar-refractivity contribution in [2.24, 2.45) is 5.73 Å². The summed E-state index contributed by atoms with van der Waals surface area (Å²) in [5.41, 5.74) is 7.74. The van der Waals surface area contributed by atoms with Crippen LogP contribution < -0.4 is 5.73 Å². The standard InChI is InChI=1S/C12H18FNO/c1-3-6-15-8-12(14)11-7-10(13)5-4-9(11)2/h4-5,7,12H,3,6,8,14H2,1-2H3. The molecule has 0 aliphatic rings. The van der Waals surface area contributed by atoms with Crippen LogP contribution in [0.5, 0.6) is 0 Å². The number of hydrogen-bond donors (Lipinski definition) is 1. The van der Waals surface area contributed by atoms with E-state index in [1.807, 2.05) is 13.8 Å². The summed E-state index contributed by atoms with van der Waals surface area (Å²) in [5, 5.41) is 0. The van der Waals surface area contributed by atoms with Crippen LogP contribution in [0.3, 0.4) is 0 Å². The second-order valence-electron chi connectivity index (χ2n) is 3.68. The largest absolute Gasteiger partial charge is 0.379 e. The normalized spacial score (nSPS) is 12.8. The molecule has 0 heterocycles. The zero-order chi connectivity index (χ0) is 11.3. The van der Waals surface area contributed by atoms with E-state index in [2.05, 4.69) is 0 Å². The van der Waals surface area contributed by atoms with Crippen molar-refractivity contribution in [3.05, 3.63) is 35.1 Å². The van der Waals surface area contributed by atoms with Gasteiger partial charge in [-0.15, -0.1) is 0 Å². The fourth-order valence-electron chi connectivity index (χ4n) is 1.46. The Morgan fingerprint density at radius 1 is 1.47 bits per heavy atom. The summed E-state index contributed by atoms with van der Waals surface area (Å²) >= 11 is 0. The number of rotatable bonds is 5. The smallest absolute Gasteiger partial charge is 0.123 e. The minimum Gasteiger partial charge on any atom is -0.379 e. The van der Waals surface area contributed by atoms with Crippen molar-refractivity contribution in [2.45, 2.75) is 26.3 Å². The molecule has 1 rings (SSSR count). The quantitative estimate of drug-likeness (QED) is 0.760. The first-order valence-corrected chi connectivity index (χ1v) is 5.24. The zero-order valence-electron chi connectivity index (χ0n) is 9.29. The number of halogens is 1. The highest BCUT2D eigenvalue weighted by Crippen LogP contribution is 2.17. The maximum atomic E-state index is 13.0. The van der Waals surface area contributed by atoms with Gasteiger partial charge in [-0.2, -0.15) is 0 Å². The van der Waals surface area contributed by atoms with Gasteiger partial charge in [0.25, 0.3) is 0 Å². The summed E-state index contributed by atoms with van der Waals surface area (Å²) in [7, 11) is 0. The van der Waals surface area contributed by atoms with Gasteiger partial charge >= 0.3 is 0 Å². The topological polar surface area (TPSA) is 35.2 Å². The third-order valence-corrected chi connectivity index (χ3v) is 2.29. The van der Waals surface area contributed by atoms with Gasteiger partial charge in [-0.25, -0.2) is 4.39 Å². The number of ether oxygens (including phenoxy) is 1. The lowest BCUT2D eigenvalue weighted by Crippen LogP contribution is -2.18. The SMILES string of the molecule is CCCOCC(N)c1cc(F)ccc1C. The maximum Gasteiger partial charge on any atom is 0.123 e. The summed E-state index contributed by atoms with van der Waals surface area (Å²) in [6.07, 6.45) is 0.967. The van der Waals surface area contributed by atoms with Crippen molar-refractivity contribution in [2.75, 3.05) is 13.2 Å². The molecule has 1 unspecified atom stereocenters. The fraction of sp³-hybridized carbons (Fsp3) is 0.500. The van der Waals surface area contributed by atoms with E-state index in [4.69, 9.17) is 10.5 Å². The van der Waals surface area contributed by atoms with Crippen LogP contribution in [-0.4, -0.2) is 13.2 Å². The van der Waals surface area contributed by atoms with E-state index < -0.39 is 0 Å². The molecule has 0 aromatic heterocycles. The van der Waals surface area contributed by atoms with Crippen LogP contribution in [-0.2, 0) is 4.74 Å². The minimum absolute atomic E-state index is 0.243. The van der Waals surface area contributed by atoms with Gasteiger partial charge in [0.05, 0.1) is 12.6 Å². The first kappa shape index (κ1) is 12.1. The average Bonchev–Trinajstić information content (AvgIpc) is 2.22. The van der Waals surface area contributed by atoms with E-state index in [9.17, 15) is 4.39 Å². The molecule has 1 aromatic rings. The minimum atomic E-state index is -0.249. The van der Waals surface area contributed by atoms with E-state index in [0.29, 0.717) is 13.2 Å². The molecule has 1 aromatic carbocycles. The van der Waals surface area contributed by atoms with Crippen molar-refractivity contribution >= 4 is 0 Å². The molecule has 0 saturated heterocycles. The van der Waals surface area contributed by atoms with Gasteiger partial charge in [0.2, 0.25) is 0 Å². The molecule has 15 heavy (non-hydrogen) atoms. The molecule has 3 heteroatoms. The highest BCUT2D eigenvalue weighted by atomic mass is 19.1. The van der Waals surface area contributed by atoms with Crippen LogP contribution in [0.2, 0.25) is 0 Å². The number of hydrogen-bond acceptors (Lipinski definition) is 2. The first-order chi connectivity index (χ1) is 7.15. The molecule has 1 atom stereocenters. The van der Waals surface area contributed by atoms with E-state index in [1.165, 1.54) is 12.1 Å². The fourth-order valence-corrected chi connectivity index (χ4v) is 1.46. The number of aryl methyl sites for hydroxylation is 1. The summed E-state index contributed by atoms with van der Waals surface area (Å²) < 4.78 is 18.3. The van der Waals surface area contributed by atoms with Crippen LogP contribution in [0.25, 0.3) is 0 Å². The maximum absolute atomic E-state index is 13.0. The van der Waals surface area contributed by atoms with Gasteiger partial charge in [-0.05, 0) is 36.6 Å². The molecule has 0 aliphatic heterocycles. The molecular weight excluding hydrogens is 193 g/mol. The Morgan fingerprint density at radius 3 is 2.87 bits per heavy atom. The molecule has 0 bridgehead atoms. The van der Waals surface area contributed by atoms with Gasteiger partial charge in [-0.1, -0.05) is 13.0 Å². The molecule has 0 amide bonds. The summed E-state index contributed by atoms with van der Waals surface area (Å²) in [4.78, 5) is 0. The molecule has 0 radical (unpaired) electrons. The molecule has 0 spiro atoms. The van der Waals surface area contributed by atoms with Crippen molar-refractivity contribution < 1.29 is 9.13 Å². The highest BCUT2D eigenvalue weighted by Gasteiger charge is 2.09. The van der Waals surface area contributed by atoms with Crippen molar-refractivity contribution in [1.29, 1.82) is 0 Å². The van der Waals surface area contributed by atoms with Crippen LogP contribution in [0.1, 0.15) is 30.5 Å². The summed E-state index contributed by atoms with van der Waals surface area (Å²) in [6, 6.07) is 4.42. The molecule has 0 aliphatic carbocycles. The monoisotopic (exact) mass is 211 g/mol. The third kappa shape index (κ3) is 3.61. The molecule has 0 saturated carbocycles. The van der Waals surface area contributed by atoms with Crippen molar-refractivity contribution in [1.82, 2.24) is 0 Å². The Bertz CT molecular complexity index is 314. The van der Waals surface area contributed by atoms with Crippen molar-refractivity contribution in [3.63, 3.8) is 0 Å². The molecule has 2 N–H and O–H groups in total. The van der Waals surface area contributed by atoms with Gasteiger partial charge in [-0.3, -0.25) is 0 Å². The van der Waals surface area contributed by atoms with Gasteiger partial charge in [0, 0.05) is 6.61 Å². The molecule has 0 fully saturated rings. The molecule has 84 valence electrons. The average molecular weight is 211 g/mol. The lowest BCUT2D eigenvalue weighted by atomic mass is 10.0. The second kappa shape index (κ2) is 5.83. The predicted molar refractivity (Wildman–Crippen MR) is 59.2 cm³/mol. The lowest BCUT2D eigenvalue weighted by Gasteiger charge is -2.14.